The maximum Gasteiger partial charge on any atom is 0.410 e. The minimum absolute atomic E-state index is 0.0384. The smallest absolute Gasteiger partial charge is 0.410 e. The van der Waals surface area contributed by atoms with Gasteiger partial charge in [0.15, 0.2) is 0 Å². The predicted octanol–water partition coefficient (Wildman–Crippen LogP) is 1.56. The fraction of sp³-hybridized carbons (Fsp3) is 0.778. The van der Waals surface area contributed by atoms with Crippen LogP contribution in [0.4, 0.5) is 4.79 Å². The molecule has 0 aromatic heterocycles. The van der Waals surface area contributed by atoms with E-state index in [9.17, 15) is 19.6 Å². The van der Waals surface area contributed by atoms with Crippen molar-refractivity contribution < 1.29 is 19.1 Å². The highest BCUT2D eigenvalue weighted by Gasteiger charge is 2.37. The number of hydrogen-bond acceptors (Lipinski definition) is 6. The standard InChI is InChI=1S/C18H28N4O4/c1-18(2,3)26-17(25)20-9-6-14(7-10-20)16(24)22(11-12-23)21-8-4-5-15(21)13-19/h12,14-15H,4-11H2,1-3H3. The molecule has 0 spiro atoms. The number of amides is 2. The molecule has 26 heavy (non-hydrogen) atoms. The summed E-state index contributed by atoms with van der Waals surface area (Å²) in [7, 11) is 0. The molecule has 2 rings (SSSR count). The number of ether oxygens (including phenoxy) is 1. The van der Waals surface area contributed by atoms with E-state index in [1.165, 1.54) is 5.01 Å². The molecule has 0 bridgehead atoms. The van der Waals surface area contributed by atoms with Crippen LogP contribution in [0.15, 0.2) is 0 Å². The quantitative estimate of drug-likeness (QED) is 0.703. The molecule has 2 amide bonds. The van der Waals surface area contributed by atoms with E-state index in [0.29, 0.717) is 45.2 Å². The number of rotatable bonds is 4. The van der Waals surface area contributed by atoms with Crippen molar-refractivity contribution in [3.05, 3.63) is 0 Å². The summed E-state index contributed by atoms with van der Waals surface area (Å²) < 4.78 is 5.37. The Kier molecular flexibility index (Phi) is 6.59. The number of carbonyl (C=O) groups is 3. The number of aldehydes is 1. The second-order valence-corrected chi connectivity index (χ2v) is 7.78. The third kappa shape index (κ3) is 4.94. The Bertz CT molecular complexity index is 573. The van der Waals surface area contributed by atoms with Crippen molar-refractivity contribution in [3.63, 3.8) is 0 Å². The van der Waals surface area contributed by atoms with Crippen LogP contribution >= 0.6 is 0 Å². The van der Waals surface area contributed by atoms with Crippen molar-refractivity contribution in [2.24, 2.45) is 5.92 Å². The van der Waals surface area contributed by atoms with Gasteiger partial charge in [-0.25, -0.2) is 9.80 Å². The first kappa shape index (κ1) is 20.2. The molecule has 8 heteroatoms. The number of nitriles is 1. The molecule has 1 unspecified atom stereocenters. The Morgan fingerprint density at radius 2 is 1.88 bits per heavy atom. The topological polar surface area (TPSA) is 93.9 Å². The van der Waals surface area contributed by atoms with E-state index in [0.717, 1.165) is 6.42 Å². The van der Waals surface area contributed by atoms with Gasteiger partial charge in [-0.15, -0.1) is 0 Å². The summed E-state index contributed by atoms with van der Waals surface area (Å²) in [6.07, 6.45) is 2.92. The molecule has 2 fully saturated rings. The van der Waals surface area contributed by atoms with Gasteiger partial charge in [-0.2, -0.15) is 5.26 Å². The molecule has 144 valence electrons. The highest BCUT2D eigenvalue weighted by atomic mass is 16.6. The van der Waals surface area contributed by atoms with Crippen molar-refractivity contribution >= 4 is 18.3 Å². The molecule has 1 atom stereocenters. The van der Waals surface area contributed by atoms with E-state index >= 15 is 0 Å². The molecular formula is C18H28N4O4. The Balaban J connectivity index is 1.96. The van der Waals surface area contributed by atoms with Crippen LogP contribution in [0, 0.1) is 17.2 Å². The van der Waals surface area contributed by atoms with Gasteiger partial charge in [0.2, 0.25) is 5.91 Å². The van der Waals surface area contributed by atoms with Gasteiger partial charge in [-0.1, -0.05) is 0 Å². The van der Waals surface area contributed by atoms with Gasteiger partial charge in [-0.05, 0) is 46.5 Å². The van der Waals surface area contributed by atoms with E-state index in [2.05, 4.69) is 6.07 Å². The summed E-state index contributed by atoms with van der Waals surface area (Å²) in [4.78, 5) is 37.7. The fourth-order valence-electron chi connectivity index (χ4n) is 3.41. The van der Waals surface area contributed by atoms with Gasteiger partial charge in [0.25, 0.3) is 0 Å². The number of likely N-dealkylation sites (tertiary alicyclic amines) is 1. The lowest BCUT2D eigenvalue weighted by Gasteiger charge is -2.38. The van der Waals surface area contributed by atoms with E-state index < -0.39 is 5.60 Å². The summed E-state index contributed by atoms with van der Waals surface area (Å²) in [5.41, 5.74) is -0.549. The highest BCUT2D eigenvalue weighted by molar-refractivity contribution is 5.81. The summed E-state index contributed by atoms with van der Waals surface area (Å²) >= 11 is 0. The molecule has 0 aromatic carbocycles. The van der Waals surface area contributed by atoms with Gasteiger partial charge in [-0.3, -0.25) is 9.80 Å². The monoisotopic (exact) mass is 364 g/mol. The summed E-state index contributed by atoms with van der Waals surface area (Å²) in [6.45, 7) is 6.92. The van der Waals surface area contributed by atoms with E-state index in [4.69, 9.17) is 4.74 Å². The Morgan fingerprint density at radius 1 is 1.23 bits per heavy atom. The van der Waals surface area contributed by atoms with Crippen molar-refractivity contribution in [2.45, 2.75) is 58.1 Å². The first-order valence-corrected chi connectivity index (χ1v) is 9.16. The molecule has 0 saturated carbocycles. The molecule has 0 aromatic rings. The second kappa shape index (κ2) is 8.49. The van der Waals surface area contributed by atoms with Crippen LogP contribution in [-0.4, -0.2) is 71.0 Å². The summed E-state index contributed by atoms with van der Waals surface area (Å²) in [5, 5.41) is 12.4. The number of piperidine rings is 1. The third-order valence-electron chi connectivity index (χ3n) is 4.68. The minimum Gasteiger partial charge on any atom is -0.444 e. The van der Waals surface area contributed by atoms with Crippen LogP contribution in [0.5, 0.6) is 0 Å². The fourth-order valence-corrected chi connectivity index (χ4v) is 3.41. The summed E-state index contributed by atoms with van der Waals surface area (Å²) in [6, 6.07) is 1.84. The lowest BCUT2D eigenvalue weighted by Crippen LogP contribution is -2.53. The Hall–Kier alpha value is -2.14. The van der Waals surface area contributed by atoms with Gasteiger partial charge in [0.05, 0.1) is 12.6 Å². The zero-order valence-corrected chi connectivity index (χ0v) is 15.8. The molecule has 2 aliphatic rings. The van der Waals surface area contributed by atoms with E-state index in [1.54, 1.807) is 9.91 Å². The first-order valence-electron chi connectivity index (χ1n) is 9.16. The summed E-state index contributed by atoms with van der Waals surface area (Å²) in [5.74, 6) is -0.392. The molecule has 2 saturated heterocycles. The van der Waals surface area contributed by atoms with Crippen molar-refractivity contribution in [1.82, 2.24) is 14.9 Å². The zero-order chi connectivity index (χ0) is 19.3. The first-order chi connectivity index (χ1) is 12.3. The molecule has 2 aliphatic heterocycles. The maximum atomic E-state index is 12.9. The number of nitrogens with zero attached hydrogens (tertiary/aromatic N) is 4. The predicted molar refractivity (Wildman–Crippen MR) is 93.6 cm³/mol. The van der Waals surface area contributed by atoms with Crippen LogP contribution < -0.4 is 0 Å². The minimum atomic E-state index is -0.549. The Morgan fingerprint density at radius 3 is 2.42 bits per heavy atom. The maximum absolute atomic E-state index is 12.9. The highest BCUT2D eigenvalue weighted by Crippen LogP contribution is 2.25. The van der Waals surface area contributed by atoms with Crippen LogP contribution in [0.2, 0.25) is 0 Å². The van der Waals surface area contributed by atoms with Gasteiger partial charge in [0, 0.05) is 25.6 Å². The SMILES string of the molecule is CC(C)(C)OC(=O)N1CCC(C(=O)N(CC=O)N2CCCC2C#N)CC1. The molecule has 2 heterocycles. The van der Waals surface area contributed by atoms with Gasteiger partial charge < -0.3 is 14.4 Å². The second-order valence-electron chi connectivity index (χ2n) is 7.78. The Labute approximate surface area is 154 Å². The molecule has 0 N–H and O–H groups in total. The third-order valence-corrected chi connectivity index (χ3v) is 4.68. The van der Waals surface area contributed by atoms with Crippen molar-refractivity contribution in [1.29, 1.82) is 5.26 Å². The van der Waals surface area contributed by atoms with Crippen molar-refractivity contribution in [2.75, 3.05) is 26.2 Å². The lowest BCUT2D eigenvalue weighted by atomic mass is 9.96. The van der Waals surface area contributed by atoms with Crippen LogP contribution in [0.25, 0.3) is 0 Å². The van der Waals surface area contributed by atoms with E-state index in [-0.39, 0.29) is 30.5 Å². The molecule has 8 nitrogen and oxygen atoms in total. The van der Waals surface area contributed by atoms with Gasteiger partial charge in [0.1, 0.15) is 17.9 Å². The van der Waals surface area contributed by atoms with Gasteiger partial charge >= 0.3 is 6.09 Å². The van der Waals surface area contributed by atoms with Crippen molar-refractivity contribution in [3.8, 4) is 6.07 Å². The average molecular weight is 364 g/mol. The molecular weight excluding hydrogens is 336 g/mol. The van der Waals surface area contributed by atoms with Crippen LogP contribution in [0.1, 0.15) is 46.5 Å². The molecule has 0 aliphatic carbocycles. The zero-order valence-electron chi connectivity index (χ0n) is 15.8. The largest absolute Gasteiger partial charge is 0.444 e. The lowest BCUT2D eigenvalue weighted by molar-refractivity contribution is -0.156. The van der Waals surface area contributed by atoms with Crippen LogP contribution in [0.3, 0.4) is 0 Å². The van der Waals surface area contributed by atoms with E-state index in [1.807, 2.05) is 20.8 Å². The number of carbonyl (C=O) groups excluding carboxylic acids is 3. The normalized spacial score (nSPS) is 21.9. The average Bonchev–Trinajstić information content (AvgIpc) is 3.06. The number of hydrazine groups is 1. The van der Waals surface area contributed by atoms with Crippen LogP contribution in [-0.2, 0) is 14.3 Å². The number of hydrogen-bond donors (Lipinski definition) is 0. The molecule has 0 radical (unpaired) electrons.